The van der Waals surface area contributed by atoms with Crippen molar-refractivity contribution >= 4 is 22.9 Å². The molecule has 0 aliphatic heterocycles. The number of hydrogen-bond acceptors (Lipinski definition) is 2. The van der Waals surface area contributed by atoms with Crippen LogP contribution in [0, 0.1) is 0 Å². The van der Waals surface area contributed by atoms with Gasteiger partial charge in [-0.05, 0) is 19.3 Å². The minimum Gasteiger partial charge on any atom is -0.246 e. The Morgan fingerprint density at radius 2 is 2.07 bits per heavy atom. The van der Waals surface area contributed by atoms with E-state index in [2.05, 4.69) is 31.1 Å². The third-order valence-electron chi connectivity index (χ3n) is 2.09. The predicted molar refractivity (Wildman–Crippen MR) is 64.5 cm³/mol. The Labute approximate surface area is 95.5 Å². The predicted octanol–water partition coefficient (Wildman–Crippen LogP) is 4.00. The normalized spacial score (nSPS) is 12.0. The van der Waals surface area contributed by atoms with Crippen LogP contribution in [0.4, 0.5) is 0 Å². The van der Waals surface area contributed by atoms with E-state index in [4.69, 9.17) is 11.6 Å². The minimum atomic E-state index is 0.182. The number of rotatable bonds is 4. The SMILES string of the molecule is CC(C)(C)c1csc(CCCCCl)n1. The van der Waals surface area contributed by atoms with Crippen molar-refractivity contribution in [3.63, 3.8) is 0 Å². The van der Waals surface area contributed by atoms with Gasteiger partial charge in [-0.2, -0.15) is 0 Å². The summed E-state index contributed by atoms with van der Waals surface area (Å²) < 4.78 is 0. The van der Waals surface area contributed by atoms with Crippen LogP contribution in [0.5, 0.6) is 0 Å². The monoisotopic (exact) mass is 231 g/mol. The van der Waals surface area contributed by atoms with Gasteiger partial charge in [0.1, 0.15) is 0 Å². The fraction of sp³-hybridized carbons (Fsp3) is 0.727. The van der Waals surface area contributed by atoms with E-state index in [1.165, 1.54) is 10.7 Å². The molecule has 0 aliphatic carbocycles. The van der Waals surface area contributed by atoms with Gasteiger partial charge in [0.2, 0.25) is 0 Å². The summed E-state index contributed by atoms with van der Waals surface area (Å²) in [5.74, 6) is 0.761. The lowest BCUT2D eigenvalue weighted by Crippen LogP contribution is -2.11. The number of aromatic nitrogens is 1. The van der Waals surface area contributed by atoms with Gasteiger partial charge in [-0.15, -0.1) is 22.9 Å². The number of aryl methyl sites for hydroxylation is 1. The van der Waals surface area contributed by atoms with E-state index in [1.54, 1.807) is 11.3 Å². The topological polar surface area (TPSA) is 12.9 Å². The maximum atomic E-state index is 5.63. The van der Waals surface area contributed by atoms with Crippen molar-refractivity contribution in [3.8, 4) is 0 Å². The Morgan fingerprint density at radius 3 is 2.57 bits per heavy atom. The highest BCUT2D eigenvalue weighted by molar-refractivity contribution is 7.09. The van der Waals surface area contributed by atoms with Crippen LogP contribution in [0.25, 0.3) is 0 Å². The highest BCUT2D eigenvalue weighted by Gasteiger charge is 2.16. The summed E-state index contributed by atoms with van der Waals surface area (Å²) in [6, 6.07) is 0. The van der Waals surface area contributed by atoms with Gasteiger partial charge in [0, 0.05) is 16.7 Å². The second-order valence-corrected chi connectivity index (χ2v) is 5.84. The molecule has 80 valence electrons. The summed E-state index contributed by atoms with van der Waals surface area (Å²) in [6.45, 7) is 6.60. The van der Waals surface area contributed by atoms with E-state index in [0.717, 1.165) is 25.1 Å². The number of unbranched alkanes of at least 4 members (excludes halogenated alkanes) is 1. The molecule has 0 aliphatic rings. The van der Waals surface area contributed by atoms with Crippen molar-refractivity contribution < 1.29 is 0 Å². The fourth-order valence-electron chi connectivity index (χ4n) is 1.14. The van der Waals surface area contributed by atoms with Crippen molar-refractivity contribution in [3.05, 3.63) is 16.1 Å². The van der Waals surface area contributed by atoms with E-state index < -0.39 is 0 Å². The van der Waals surface area contributed by atoms with E-state index in [0.29, 0.717) is 0 Å². The molecule has 1 rings (SSSR count). The summed E-state index contributed by atoms with van der Waals surface area (Å²) in [6.07, 6.45) is 3.32. The molecule has 14 heavy (non-hydrogen) atoms. The minimum absolute atomic E-state index is 0.182. The smallest absolute Gasteiger partial charge is 0.0928 e. The molecule has 0 unspecified atom stereocenters. The molecule has 0 spiro atoms. The average Bonchev–Trinajstić information content (AvgIpc) is 2.52. The zero-order valence-corrected chi connectivity index (χ0v) is 10.7. The maximum Gasteiger partial charge on any atom is 0.0928 e. The second kappa shape index (κ2) is 5.13. The van der Waals surface area contributed by atoms with Crippen molar-refractivity contribution in [1.29, 1.82) is 0 Å². The Bertz CT molecular complexity index is 275. The molecule has 1 heterocycles. The molecular formula is C11H18ClNS. The Kier molecular flexibility index (Phi) is 4.39. The summed E-state index contributed by atoms with van der Waals surface area (Å²) in [7, 11) is 0. The molecule has 0 N–H and O–H groups in total. The fourth-order valence-corrected chi connectivity index (χ4v) is 2.40. The van der Waals surface area contributed by atoms with Crippen LogP contribution in [0.15, 0.2) is 5.38 Å². The van der Waals surface area contributed by atoms with Gasteiger partial charge in [-0.3, -0.25) is 0 Å². The molecule has 0 atom stereocenters. The molecule has 0 amide bonds. The van der Waals surface area contributed by atoms with Crippen molar-refractivity contribution in [1.82, 2.24) is 4.98 Å². The van der Waals surface area contributed by atoms with Gasteiger partial charge in [0.15, 0.2) is 0 Å². The molecule has 1 aromatic rings. The summed E-state index contributed by atoms with van der Waals surface area (Å²) >= 11 is 7.40. The molecule has 0 radical (unpaired) electrons. The van der Waals surface area contributed by atoms with Gasteiger partial charge in [-0.1, -0.05) is 20.8 Å². The number of halogens is 1. The molecule has 1 nitrogen and oxygen atoms in total. The summed E-state index contributed by atoms with van der Waals surface area (Å²) in [4.78, 5) is 4.63. The van der Waals surface area contributed by atoms with E-state index in [1.807, 2.05) is 0 Å². The highest BCUT2D eigenvalue weighted by Crippen LogP contribution is 2.24. The Hall–Kier alpha value is -0.0800. The summed E-state index contributed by atoms with van der Waals surface area (Å²) in [5.41, 5.74) is 1.39. The van der Waals surface area contributed by atoms with Gasteiger partial charge >= 0.3 is 0 Å². The quantitative estimate of drug-likeness (QED) is 0.564. The first-order valence-electron chi connectivity index (χ1n) is 5.05. The maximum absolute atomic E-state index is 5.63. The molecule has 3 heteroatoms. The molecule has 1 aromatic heterocycles. The molecule has 0 saturated heterocycles. The standard InChI is InChI=1S/C11H18ClNS/c1-11(2,3)9-8-14-10(13-9)6-4-5-7-12/h8H,4-7H2,1-3H3. The van der Waals surface area contributed by atoms with Crippen LogP contribution < -0.4 is 0 Å². The second-order valence-electron chi connectivity index (χ2n) is 4.52. The van der Waals surface area contributed by atoms with Crippen LogP contribution in [-0.2, 0) is 11.8 Å². The molecule has 0 saturated carbocycles. The van der Waals surface area contributed by atoms with E-state index in [9.17, 15) is 0 Å². The first kappa shape index (κ1) is 12.0. The van der Waals surface area contributed by atoms with Gasteiger partial charge in [0.05, 0.1) is 10.7 Å². The van der Waals surface area contributed by atoms with Crippen molar-refractivity contribution in [2.75, 3.05) is 5.88 Å². The lowest BCUT2D eigenvalue weighted by molar-refractivity contribution is 0.570. The van der Waals surface area contributed by atoms with Gasteiger partial charge in [0.25, 0.3) is 0 Å². The zero-order valence-electron chi connectivity index (χ0n) is 9.14. The van der Waals surface area contributed by atoms with Crippen molar-refractivity contribution in [2.24, 2.45) is 0 Å². The molecule has 0 fully saturated rings. The van der Waals surface area contributed by atoms with Crippen LogP contribution in [0.2, 0.25) is 0 Å². The number of alkyl halides is 1. The zero-order chi connectivity index (χ0) is 10.6. The highest BCUT2D eigenvalue weighted by atomic mass is 35.5. The van der Waals surface area contributed by atoms with E-state index in [-0.39, 0.29) is 5.41 Å². The Balaban J connectivity index is 2.51. The van der Waals surface area contributed by atoms with Crippen LogP contribution in [0.1, 0.15) is 44.3 Å². The third kappa shape index (κ3) is 3.58. The third-order valence-corrected chi connectivity index (χ3v) is 3.27. The lowest BCUT2D eigenvalue weighted by Gasteiger charge is -2.14. The number of hydrogen-bond donors (Lipinski definition) is 0. The molecular weight excluding hydrogens is 214 g/mol. The van der Waals surface area contributed by atoms with Gasteiger partial charge in [-0.25, -0.2) is 4.98 Å². The molecule has 0 aromatic carbocycles. The first-order valence-corrected chi connectivity index (χ1v) is 6.46. The number of thiazole rings is 1. The number of nitrogens with zero attached hydrogens (tertiary/aromatic N) is 1. The largest absolute Gasteiger partial charge is 0.246 e. The Morgan fingerprint density at radius 1 is 1.36 bits per heavy atom. The van der Waals surface area contributed by atoms with Crippen LogP contribution in [-0.4, -0.2) is 10.9 Å². The first-order chi connectivity index (χ1) is 6.54. The van der Waals surface area contributed by atoms with Crippen LogP contribution >= 0.6 is 22.9 Å². The van der Waals surface area contributed by atoms with Gasteiger partial charge < -0.3 is 0 Å². The van der Waals surface area contributed by atoms with Crippen LogP contribution in [0.3, 0.4) is 0 Å². The lowest BCUT2D eigenvalue weighted by atomic mass is 9.93. The molecule has 0 bridgehead atoms. The summed E-state index contributed by atoms with van der Waals surface area (Å²) in [5, 5.41) is 3.43. The van der Waals surface area contributed by atoms with Crippen molar-refractivity contribution in [2.45, 2.75) is 45.4 Å². The average molecular weight is 232 g/mol. The van der Waals surface area contributed by atoms with E-state index >= 15 is 0 Å².